The first kappa shape index (κ1) is 19.4. The molecule has 2 aromatic rings. The third kappa shape index (κ3) is 4.67. The number of amides is 1. The molecule has 27 heavy (non-hydrogen) atoms. The van der Waals surface area contributed by atoms with Crippen LogP contribution in [0.3, 0.4) is 0 Å². The Balaban J connectivity index is 1.75. The van der Waals surface area contributed by atoms with Crippen LogP contribution >= 0.6 is 0 Å². The standard InChI is InChI=1S/C20H25N3O3S/c1-15-4-5-16(2)19(14-15)27(25,26)22-18-8-6-17(7-9-18)20(24)23-12-3-10-21-11-13-23/h4-9,14,21-22H,3,10-13H2,1-2H3. The second-order valence-corrected chi connectivity index (χ2v) is 8.50. The smallest absolute Gasteiger partial charge is 0.262 e. The third-order valence-corrected chi connectivity index (χ3v) is 6.17. The van der Waals surface area contributed by atoms with Crippen molar-refractivity contribution in [3.8, 4) is 0 Å². The monoisotopic (exact) mass is 387 g/mol. The van der Waals surface area contributed by atoms with Crippen molar-refractivity contribution in [3.63, 3.8) is 0 Å². The van der Waals surface area contributed by atoms with Gasteiger partial charge in [-0.05, 0) is 68.3 Å². The van der Waals surface area contributed by atoms with E-state index >= 15 is 0 Å². The van der Waals surface area contributed by atoms with Gasteiger partial charge in [0.2, 0.25) is 0 Å². The Labute approximate surface area is 160 Å². The van der Waals surface area contributed by atoms with E-state index in [9.17, 15) is 13.2 Å². The Morgan fingerprint density at radius 1 is 1.04 bits per heavy atom. The van der Waals surface area contributed by atoms with E-state index < -0.39 is 10.0 Å². The van der Waals surface area contributed by atoms with Crippen molar-refractivity contribution in [2.24, 2.45) is 0 Å². The first-order valence-corrected chi connectivity index (χ1v) is 10.6. The van der Waals surface area contributed by atoms with Crippen LogP contribution in [0.25, 0.3) is 0 Å². The van der Waals surface area contributed by atoms with Crippen molar-refractivity contribution in [2.45, 2.75) is 25.2 Å². The minimum absolute atomic E-state index is 0.0253. The minimum Gasteiger partial charge on any atom is -0.337 e. The van der Waals surface area contributed by atoms with Gasteiger partial charge >= 0.3 is 0 Å². The van der Waals surface area contributed by atoms with E-state index in [1.54, 1.807) is 43.3 Å². The summed E-state index contributed by atoms with van der Waals surface area (Å²) < 4.78 is 28.0. The summed E-state index contributed by atoms with van der Waals surface area (Å²) in [5.74, 6) is -0.0253. The predicted octanol–water partition coefficient (Wildman–Crippen LogP) is 2.54. The molecule has 2 N–H and O–H groups in total. The molecule has 2 aromatic carbocycles. The molecule has 1 aliphatic heterocycles. The zero-order chi connectivity index (χ0) is 19.4. The molecule has 0 spiro atoms. The van der Waals surface area contributed by atoms with E-state index in [1.165, 1.54) is 0 Å². The molecule has 1 aliphatic rings. The molecule has 0 radical (unpaired) electrons. The summed E-state index contributed by atoms with van der Waals surface area (Å²) in [6.45, 7) is 6.75. The molecule has 1 fully saturated rings. The summed E-state index contributed by atoms with van der Waals surface area (Å²) in [6.07, 6.45) is 0.930. The Bertz CT molecular complexity index is 916. The topological polar surface area (TPSA) is 78.5 Å². The summed E-state index contributed by atoms with van der Waals surface area (Å²) in [7, 11) is -3.68. The first-order valence-electron chi connectivity index (χ1n) is 9.07. The number of nitrogens with zero attached hydrogens (tertiary/aromatic N) is 1. The number of carbonyl (C=O) groups is 1. The van der Waals surface area contributed by atoms with Gasteiger partial charge in [-0.15, -0.1) is 0 Å². The van der Waals surface area contributed by atoms with Gasteiger partial charge in [0.05, 0.1) is 4.90 Å². The number of benzene rings is 2. The highest BCUT2D eigenvalue weighted by molar-refractivity contribution is 7.92. The van der Waals surface area contributed by atoms with Crippen LogP contribution < -0.4 is 10.0 Å². The zero-order valence-electron chi connectivity index (χ0n) is 15.7. The summed E-state index contributed by atoms with van der Waals surface area (Å²) in [4.78, 5) is 14.7. The molecule has 0 unspecified atom stereocenters. The number of hydrogen-bond acceptors (Lipinski definition) is 4. The van der Waals surface area contributed by atoms with Crippen molar-refractivity contribution >= 4 is 21.6 Å². The number of sulfonamides is 1. The normalized spacial score (nSPS) is 15.3. The highest BCUT2D eigenvalue weighted by Crippen LogP contribution is 2.21. The number of aryl methyl sites for hydroxylation is 2. The lowest BCUT2D eigenvalue weighted by molar-refractivity contribution is 0.0766. The zero-order valence-corrected chi connectivity index (χ0v) is 16.5. The molecule has 1 saturated heterocycles. The van der Waals surface area contributed by atoms with Crippen molar-refractivity contribution < 1.29 is 13.2 Å². The molecule has 0 aromatic heterocycles. The number of anilines is 1. The fourth-order valence-electron chi connectivity index (χ4n) is 3.12. The number of carbonyl (C=O) groups excluding carboxylic acids is 1. The maximum atomic E-state index is 12.7. The molecule has 3 rings (SSSR count). The van der Waals surface area contributed by atoms with E-state index in [1.807, 2.05) is 17.9 Å². The summed E-state index contributed by atoms with van der Waals surface area (Å²) in [5, 5.41) is 3.27. The van der Waals surface area contributed by atoms with Crippen molar-refractivity contribution in [1.82, 2.24) is 10.2 Å². The molecule has 0 bridgehead atoms. The molecule has 7 heteroatoms. The molecule has 144 valence electrons. The van der Waals surface area contributed by atoms with Crippen molar-refractivity contribution in [1.29, 1.82) is 0 Å². The van der Waals surface area contributed by atoms with Gasteiger partial charge in [0.1, 0.15) is 0 Å². The van der Waals surface area contributed by atoms with Gasteiger partial charge in [0.25, 0.3) is 15.9 Å². The average molecular weight is 388 g/mol. The minimum atomic E-state index is -3.68. The Kier molecular flexibility index (Phi) is 5.82. The molecule has 0 aliphatic carbocycles. The largest absolute Gasteiger partial charge is 0.337 e. The summed E-state index contributed by atoms with van der Waals surface area (Å²) in [6, 6.07) is 11.9. The Morgan fingerprint density at radius 2 is 1.78 bits per heavy atom. The first-order chi connectivity index (χ1) is 12.9. The molecule has 6 nitrogen and oxygen atoms in total. The second-order valence-electron chi connectivity index (χ2n) is 6.85. The van der Waals surface area contributed by atoms with Gasteiger partial charge in [0.15, 0.2) is 0 Å². The van der Waals surface area contributed by atoms with E-state index in [0.29, 0.717) is 23.4 Å². The van der Waals surface area contributed by atoms with Crippen LogP contribution in [0.5, 0.6) is 0 Å². The summed E-state index contributed by atoms with van der Waals surface area (Å²) >= 11 is 0. The average Bonchev–Trinajstić information content (AvgIpc) is 2.93. The molecule has 0 atom stereocenters. The van der Waals surface area contributed by atoms with Crippen LogP contribution in [0, 0.1) is 13.8 Å². The van der Waals surface area contributed by atoms with Crippen molar-refractivity contribution in [3.05, 3.63) is 59.2 Å². The lowest BCUT2D eigenvalue weighted by Gasteiger charge is -2.20. The van der Waals surface area contributed by atoms with E-state index in [4.69, 9.17) is 0 Å². The fraction of sp³-hybridized carbons (Fsp3) is 0.350. The molecule has 1 heterocycles. The third-order valence-electron chi connectivity index (χ3n) is 4.64. The van der Waals surface area contributed by atoms with E-state index in [2.05, 4.69) is 10.0 Å². The van der Waals surface area contributed by atoms with Crippen LogP contribution in [0.2, 0.25) is 0 Å². The van der Waals surface area contributed by atoms with E-state index in [0.717, 1.165) is 31.6 Å². The van der Waals surface area contributed by atoms with Crippen LogP contribution in [-0.2, 0) is 10.0 Å². The lowest BCUT2D eigenvalue weighted by Crippen LogP contribution is -2.34. The number of hydrogen-bond donors (Lipinski definition) is 2. The molecule has 1 amide bonds. The predicted molar refractivity (Wildman–Crippen MR) is 107 cm³/mol. The fourth-order valence-corrected chi connectivity index (χ4v) is 4.51. The summed E-state index contributed by atoms with van der Waals surface area (Å²) in [5.41, 5.74) is 2.57. The maximum absolute atomic E-state index is 12.7. The highest BCUT2D eigenvalue weighted by Gasteiger charge is 2.19. The molecule has 0 saturated carbocycles. The quantitative estimate of drug-likeness (QED) is 0.845. The lowest BCUT2D eigenvalue weighted by atomic mass is 10.2. The van der Waals surface area contributed by atoms with Crippen LogP contribution in [-0.4, -0.2) is 45.4 Å². The molecular formula is C20H25N3O3S. The van der Waals surface area contributed by atoms with Crippen molar-refractivity contribution in [2.75, 3.05) is 30.9 Å². The second kappa shape index (κ2) is 8.10. The van der Waals surface area contributed by atoms with Gasteiger partial charge in [-0.25, -0.2) is 8.42 Å². The van der Waals surface area contributed by atoms with Crippen LogP contribution in [0.4, 0.5) is 5.69 Å². The maximum Gasteiger partial charge on any atom is 0.262 e. The van der Waals surface area contributed by atoms with Gasteiger partial charge in [-0.2, -0.15) is 0 Å². The SMILES string of the molecule is Cc1ccc(C)c(S(=O)(=O)Nc2ccc(C(=O)N3CCCNCC3)cc2)c1. The number of rotatable bonds is 4. The highest BCUT2D eigenvalue weighted by atomic mass is 32.2. The van der Waals surface area contributed by atoms with Gasteiger partial charge in [-0.3, -0.25) is 9.52 Å². The van der Waals surface area contributed by atoms with E-state index in [-0.39, 0.29) is 10.8 Å². The number of nitrogens with one attached hydrogen (secondary N) is 2. The molecular weight excluding hydrogens is 362 g/mol. The van der Waals surface area contributed by atoms with Gasteiger partial charge in [-0.1, -0.05) is 12.1 Å². The Morgan fingerprint density at radius 3 is 2.52 bits per heavy atom. The van der Waals surface area contributed by atoms with Crippen LogP contribution in [0.1, 0.15) is 27.9 Å². The van der Waals surface area contributed by atoms with Gasteiger partial charge in [0, 0.05) is 30.9 Å². The van der Waals surface area contributed by atoms with Gasteiger partial charge < -0.3 is 10.2 Å². The van der Waals surface area contributed by atoms with Crippen LogP contribution in [0.15, 0.2) is 47.4 Å². The Hall–Kier alpha value is -2.38.